The van der Waals surface area contributed by atoms with Crippen LogP contribution in [-0.2, 0) is 0 Å². The summed E-state index contributed by atoms with van der Waals surface area (Å²) in [7, 11) is 2.13. The molecule has 19 heavy (non-hydrogen) atoms. The van der Waals surface area contributed by atoms with E-state index in [1.807, 2.05) is 0 Å². The lowest BCUT2D eigenvalue weighted by Crippen LogP contribution is -2.30. The van der Waals surface area contributed by atoms with E-state index in [2.05, 4.69) is 51.3 Å². The molecular weight excluding hydrogens is 230 g/mol. The van der Waals surface area contributed by atoms with E-state index in [4.69, 9.17) is 0 Å². The van der Waals surface area contributed by atoms with Crippen LogP contribution in [0.5, 0.6) is 0 Å². The first-order valence-electron chi connectivity index (χ1n) is 7.90. The molecule has 0 aromatic heterocycles. The number of benzene rings is 1. The summed E-state index contributed by atoms with van der Waals surface area (Å²) in [4.78, 5) is 0. The van der Waals surface area contributed by atoms with Crippen molar-refractivity contribution < 1.29 is 0 Å². The van der Waals surface area contributed by atoms with Gasteiger partial charge < -0.3 is 5.32 Å². The Bertz CT molecular complexity index is 410. The van der Waals surface area contributed by atoms with Gasteiger partial charge in [-0.3, -0.25) is 0 Å². The average Bonchev–Trinajstić information content (AvgIpc) is 2.44. The molecule has 1 N–H and O–H groups in total. The molecule has 0 saturated heterocycles. The second-order valence-corrected chi connectivity index (χ2v) is 6.33. The van der Waals surface area contributed by atoms with Crippen molar-refractivity contribution in [2.24, 2.45) is 11.8 Å². The highest BCUT2D eigenvalue weighted by molar-refractivity contribution is 5.33. The fraction of sp³-hybridized carbons (Fsp3) is 0.667. The highest BCUT2D eigenvalue weighted by Gasteiger charge is 2.28. The monoisotopic (exact) mass is 259 g/mol. The highest BCUT2D eigenvalue weighted by atomic mass is 14.9. The Kier molecular flexibility index (Phi) is 5.04. The number of nitrogens with one attached hydrogen (secondary N) is 1. The first-order valence-corrected chi connectivity index (χ1v) is 7.90. The van der Waals surface area contributed by atoms with Gasteiger partial charge in [0.25, 0.3) is 0 Å². The molecule has 0 radical (unpaired) electrons. The van der Waals surface area contributed by atoms with Crippen LogP contribution in [0.2, 0.25) is 0 Å². The number of aryl methyl sites for hydroxylation is 2. The Balaban J connectivity index is 2.21. The summed E-state index contributed by atoms with van der Waals surface area (Å²) in [5.74, 6) is 1.75. The molecule has 2 rings (SSSR count). The van der Waals surface area contributed by atoms with Crippen molar-refractivity contribution in [1.82, 2.24) is 5.32 Å². The van der Waals surface area contributed by atoms with Crippen molar-refractivity contribution >= 4 is 0 Å². The van der Waals surface area contributed by atoms with E-state index in [1.54, 1.807) is 0 Å². The minimum absolute atomic E-state index is 0.536. The van der Waals surface area contributed by atoms with E-state index in [9.17, 15) is 0 Å². The van der Waals surface area contributed by atoms with E-state index >= 15 is 0 Å². The van der Waals surface area contributed by atoms with Crippen LogP contribution in [0.4, 0.5) is 0 Å². The van der Waals surface area contributed by atoms with E-state index in [1.165, 1.54) is 48.8 Å². The quantitative estimate of drug-likeness (QED) is 0.820. The SMILES string of the molecule is CCC1CCCC(C(NC)c2cc(C)ccc2C)C1. The smallest absolute Gasteiger partial charge is 0.0348 e. The van der Waals surface area contributed by atoms with Crippen LogP contribution < -0.4 is 5.32 Å². The van der Waals surface area contributed by atoms with Crippen LogP contribution in [0.1, 0.15) is 61.8 Å². The number of rotatable bonds is 4. The molecule has 3 unspecified atom stereocenters. The Hall–Kier alpha value is -0.820. The number of hydrogen-bond acceptors (Lipinski definition) is 1. The zero-order valence-corrected chi connectivity index (χ0v) is 13.0. The molecule has 0 aliphatic heterocycles. The Morgan fingerprint density at radius 3 is 2.74 bits per heavy atom. The Morgan fingerprint density at radius 2 is 2.05 bits per heavy atom. The van der Waals surface area contributed by atoms with Gasteiger partial charge in [-0.05, 0) is 56.7 Å². The molecule has 1 aliphatic carbocycles. The van der Waals surface area contributed by atoms with Crippen molar-refractivity contribution in [3.8, 4) is 0 Å². The Morgan fingerprint density at radius 1 is 1.26 bits per heavy atom. The molecule has 0 bridgehead atoms. The molecule has 0 heterocycles. The van der Waals surface area contributed by atoms with Crippen LogP contribution in [0.3, 0.4) is 0 Å². The lowest BCUT2D eigenvalue weighted by atomic mass is 9.74. The topological polar surface area (TPSA) is 12.0 Å². The first-order chi connectivity index (χ1) is 9.15. The predicted molar refractivity (Wildman–Crippen MR) is 83.5 cm³/mol. The van der Waals surface area contributed by atoms with Crippen molar-refractivity contribution in [3.05, 3.63) is 34.9 Å². The van der Waals surface area contributed by atoms with Crippen molar-refractivity contribution in [3.63, 3.8) is 0 Å². The van der Waals surface area contributed by atoms with Gasteiger partial charge in [-0.25, -0.2) is 0 Å². The fourth-order valence-electron chi connectivity index (χ4n) is 3.75. The summed E-state index contributed by atoms with van der Waals surface area (Å²) >= 11 is 0. The van der Waals surface area contributed by atoms with E-state index in [-0.39, 0.29) is 0 Å². The maximum atomic E-state index is 3.60. The average molecular weight is 259 g/mol. The first kappa shape index (κ1) is 14.6. The van der Waals surface area contributed by atoms with Crippen molar-refractivity contribution in [1.29, 1.82) is 0 Å². The maximum Gasteiger partial charge on any atom is 0.0348 e. The third kappa shape index (κ3) is 3.39. The van der Waals surface area contributed by atoms with Crippen LogP contribution in [0.15, 0.2) is 18.2 Å². The standard InChI is InChI=1S/C18H29N/c1-5-15-7-6-8-16(12-15)18(19-4)17-11-13(2)9-10-14(17)3/h9-11,15-16,18-19H,5-8,12H2,1-4H3. The largest absolute Gasteiger partial charge is 0.313 e. The van der Waals surface area contributed by atoms with Gasteiger partial charge in [0.2, 0.25) is 0 Å². The van der Waals surface area contributed by atoms with Gasteiger partial charge in [0, 0.05) is 6.04 Å². The molecule has 1 heteroatoms. The molecule has 3 atom stereocenters. The summed E-state index contributed by atoms with van der Waals surface area (Å²) in [6, 6.07) is 7.41. The van der Waals surface area contributed by atoms with Gasteiger partial charge in [0.1, 0.15) is 0 Å². The maximum absolute atomic E-state index is 3.60. The molecule has 1 fully saturated rings. The summed E-state index contributed by atoms with van der Waals surface area (Å²) in [6.07, 6.45) is 6.98. The third-order valence-electron chi connectivity index (χ3n) is 4.95. The normalized spacial score (nSPS) is 25.3. The summed E-state index contributed by atoms with van der Waals surface area (Å²) in [5.41, 5.74) is 4.33. The lowest BCUT2D eigenvalue weighted by Gasteiger charge is -2.35. The minimum atomic E-state index is 0.536. The van der Waals surface area contributed by atoms with Crippen LogP contribution in [-0.4, -0.2) is 7.05 Å². The molecule has 1 aromatic carbocycles. The molecule has 0 amide bonds. The Labute approximate surface area is 118 Å². The van der Waals surface area contributed by atoms with Gasteiger partial charge >= 0.3 is 0 Å². The van der Waals surface area contributed by atoms with Gasteiger partial charge in [0.15, 0.2) is 0 Å². The second-order valence-electron chi connectivity index (χ2n) is 6.33. The van der Waals surface area contributed by atoms with Gasteiger partial charge in [0.05, 0.1) is 0 Å². The van der Waals surface area contributed by atoms with E-state index in [0.717, 1.165) is 11.8 Å². The highest BCUT2D eigenvalue weighted by Crippen LogP contribution is 2.39. The minimum Gasteiger partial charge on any atom is -0.313 e. The third-order valence-corrected chi connectivity index (χ3v) is 4.95. The molecule has 1 saturated carbocycles. The van der Waals surface area contributed by atoms with Crippen LogP contribution in [0.25, 0.3) is 0 Å². The van der Waals surface area contributed by atoms with Crippen LogP contribution in [0, 0.1) is 25.7 Å². The zero-order valence-electron chi connectivity index (χ0n) is 13.0. The zero-order chi connectivity index (χ0) is 13.8. The van der Waals surface area contributed by atoms with E-state index in [0.29, 0.717) is 6.04 Å². The van der Waals surface area contributed by atoms with Crippen molar-refractivity contribution in [2.45, 2.75) is 58.9 Å². The molecule has 1 aliphatic rings. The summed E-state index contributed by atoms with van der Waals surface area (Å²) in [6.45, 7) is 6.80. The van der Waals surface area contributed by atoms with Gasteiger partial charge in [-0.2, -0.15) is 0 Å². The molecular formula is C18H29N. The van der Waals surface area contributed by atoms with Gasteiger partial charge in [-0.1, -0.05) is 49.9 Å². The lowest BCUT2D eigenvalue weighted by molar-refractivity contribution is 0.214. The number of hydrogen-bond donors (Lipinski definition) is 1. The summed E-state index contributed by atoms with van der Waals surface area (Å²) < 4.78 is 0. The molecule has 0 spiro atoms. The molecule has 1 nitrogen and oxygen atoms in total. The summed E-state index contributed by atoms with van der Waals surface area (Å²) in [5, 5.41) is 3.60. The predicted octanol–water partition coefficient (Wildman–Crippen LogP) is 4.78. The molecule has 1 aromatic rings. The van der Waals surface area contributed by atoms with E-state index < -0.39 is 0 Å². The van der Waals surface area contributed by atoms with Crippen LogP contribution >= 0.6 is 0 Å². The van der Waals surface area contributed by atoms with Gasteiger partial charge in [-0.15, -0.1) is 0 Å². The molecule has 106 valence electrons. The second kappa shape index (κ2) is 6.56. The fourth-order valence-corrected chi connectivity index (χ4v) is 3.75. The van der Waals surface area contributed by atoms with Crippen molar-refractivity contribution in [2.75, 3.05) is 7.05 Å².